The summed E-state index contributed by atoms with van der Waals surface area (Å²) in [6.07, 6.45) is 8.24. The molecule has 2 aliphatic rings. The second-order valence-corrected chi connectivity index (χ2v) is 10.9. The third-order valence-electron chi connectivity index (χ3n) is 6.60. The van der Waals surface area contributed by atoms with E-state index in [1.54, 1.807) is 25.5 Å². The van der Waals surface area contributed by atoms with Crippen LogP contribution in [0.1, 0.15) is 50.1 Å². The predicted octanol–water partition coefficient (Wildman–Crippen LogP) is 2.86. The first-order chi connectivity index (χ1) is 15.9. The molecule has 0 amide bonds. The Kier molecular flexibility index (Phi) is 5.40. The quantitative estimate of drug-likeness (QED) is 0.507. The molecule has 33 heavy (non-hydrogen) atoms. The lowest BCUT2D eigenvalue weighted by Gasteiger charge is -2.25. The number of hydrogen-bond donors (Lipinski definition) is 1. The average Bonchev–Trinajstić information content (AvgIpc) is 3.73. The largest absolute Gasteiger partial charge is 0.374 e. The minimum atomic E-state index is -3.90. The second-order valence-electron chi connectivity index (χ2n) is 8.87. The molecule has 3 aromatic rings. The molecule has 10 nitrogen and oxygen atoms in total. The van der Waals surface area contributed by atoms with E-state index in [2.05, 4.69) is 29.9 Å². The van der Waals surface area contributed by atoms with E-state index < -0.39 is 21.4 Å². The summed E-state index contributed by atoms with van der Waals surface area (Å²) in [7, 11) is -2.43. The van der Waals surface area contributed by atoms with E-state index in [9.17, 15) is 8.42 Å². The van der Waals surface area contributed by atoms with Crippen molar-refractivity contribution in [1.82, 2.24) is 29.7 Å². The molecular weight excluding hydrogens is 442 g/mol. The molecule has 0 spiro atoms. The van der Waals surface area contributed by atoms with Gasteiger partial charge in [0.15, 0.2) is 5.82 Å². The summed E-state index contributed by atoms with van der Waals surface area (Å²) in [5.41, 5.74) is 1.71. The molecule has 0 unspecified atom stereocenters. The number of anilines is 1. The average molecular weight is 470 g/mol. The van der Waals surface area contributed by atoms with Crippen molar-refractivity contribution in [3.05, 3.63) is 48.2 Å². The molecule has 2 fully saturated rings. The van der Waals surface area contributed by atoms with E-state index in [1.165, 1.54) is 7.11 Å². The van der Waals surface area contributed by atoms with Crippen molar-refractivity contribution in [1.29, 1.82) is 0 Å². The fourth-order valence-corrected chi connectivity index (χ4v) is 5.63. The van der Waals surface area contributed by atoms with E-state index in [0.717, 1.165) is 31.4 Å². The van der Waals surface area contributed by atoms with Gasteiger partial charge in [-0.25, -0.2) is 8.42 Å². The first-order valence-corrected chi connectivity index (χ1v) is 12.6. The number of sulfonamides is 1. The zero-order chi connectivity index (χ0) is 23.2. The highest BCUT2D eigenvalue weighted by Gasteiger charge is 2.57. The van der Waals surface area contributed by atoms with E-state index in [-0.39, 0.29) is 11.5 Å². The van der Waals surface area contributed by atoms with Crippen molar-refractivity contribution in [2.24, 2.45) is 5.92 Å². The van der Waals surface area contributed by atoms with Gasteiger partial charge in [-0.15, -0.1) is 10.2 Å². The van der Waals surface area contributed by atoms with Crippen LogP contribution >= 0.6 is 0 Å². The molecule has 0 saturated heterocycles. The lowest BCUT2D eigenvalue weighted by atomic mass is 10.1. The molecule has 0 bridgehead atoms. The van der Waals surface area contributed by atoms with Gasteiger partial charge in [0.2, 0.25) is 16.0 Å². The monoisotopic (exact) mass is 469 g/mol. The standard InChI is InChI=1S/C22H27N7O3S/c1-14-12-25-18(13-24-14)19(32-3)15(2)33(30,31)28-21-27-26-20(17-6-4-5-11-23-17)29(21)22(9-10-22)16-7-8-16/h4-6,11-13,15-16,19H,7-10H2,1-3H3,(H,27,28)/t15-,19-/m0/s1. The molecule has 0 radical (unpaired) electrons. The summed E-state index contributed by atoms with van der Waals surface area (Å²) in [5.74, 6) is 1.31. The van der Waals surface area contributed by atoms with Crippen molar-refractivity contribution >= 4 is 16.0 Å². The minimum Gasteiger partial charge on any atom is -0.374 e. The van der Waals surface area contributed by atoms with Gasteiger partial charge in [-0.2, -0.15) is 0 Å². The fraction of sp³-hybridized carbons (Fsp3) is 0.500. The SMILES string of the molecule is CO[C@H](c1cnc(C)cn1)[C@H](C)S(=O)(=O)Nc1nnc(-c2ccccn2)n1C1(C2CC2)CC1. The number of ether oxygens (including phenoxy) is 1. The molecule has 2 aliphatic carbocycles. The summed E-state index contributed by atoms with van der Waals surface area (Å²) in [4.78, 5) is 13.0. The highest BCUT2D eigenvalue weighted by Crippen LogP contribution is 2.61. The molecule has 5 rings (SSSR count). The third kappa shape index (κ3) is 3.99. The van der Waals surface area contributed by atoms with E-state index >= 15 is 0 Å². The van der Waals surface area contributed by atoms with Crippen molar-refractivity contribution in [3.63, 3.8) is 0 Å². The van der Waals surface area contributed by atoms with Crippen LogP contribution < -0.4 is 4.72 Å². The van der Waals surface area contributed by atoms with Crippen LogP contribution in [-0.2, 0) is 20.3 Å². The normalized spacial score (nSPS) is 19.1. The van der Waals surface area contributed by atoms with Crippen molar-refractivity contribution in [2.45, 2.75) is 56.4 Å². The number of methoxy groups -OCH3 is 1. The Morgan fingerprint density at radius 3 is 2.52 bits per heavy atom. The maximum absolute atomic E-state index is 13.4. The summed E-state index contributed by atoms with van der Waals surface area (Å²) in [6, 6.07) is 5.58. The van der Waals surface area contributed by atoms with Crippen LogP contribution in [0.3, 0.4) is 0 Å². The van der Waals surface area contributed by atoms with Crippen molar-refractivity contribution < 1.29 is 13.2 Å². The van der Waals surface area contributed by atoms with E-state index in [4.69, 9.17) is 4.74 Å². The van der Waals surface area contributed by atoms with Gasteiger partial charge in [-0.1, -0.05) is 6.07 Å². The van der Waals surface area contributed by atoms with Crippen LogP contribution in [0.5, 0.6) is 0 Å². The Morgan fingerprint density at radius 2 is 1.94 bits per heavy atom. The molecule has 0 aliphatic heterocycles. The third-order valence-corrected chi connectivity index (χ3v) is 8.29. The number of hydrogen-bond acceptors (Lipinski definition) is 8. The van der Waals surface area contributed by atoms with Gasteiger partial charge < -0.3 is 4.74 Å². The lowest BCUT2D eigenvalue weighted by molar-refractivity contribution is 0.0985. The molecule has 2 saturated carbocycles. The van der Waals surface area contributed by atoms with Gasteiger partial charge in [0.25, 0.3) is 0 Å². The summed E-state index contributed by atoms with van der Waals surface area (Å²) >= 11 is 0. The van der Waals surface area contributed by atoms with Gasteiger partial charge in [0.1, 0.15) is 17.0 Å². The Morgan fingerprint density at radius 1 is 1.15 bits per heavy atom. The molecule has 3 aromatic heterocycles. The van der Waals surface area contributed by atoms with E-state index in [1.807, 2.05) is 29.7 Å². The van der Waals surface area contributed by atoms with Gasteiger partial charge in [-0.05, 0) is 57.6 Å². The minimum absolute atomic E-state index is 0.152. The Bertz CT molecular complexity index is 1240. The van der Waals surface area contributed by atoms with Crippen LogP contribution in [0.15, 0.2) is 36.8 Å². The zero-order valence-corrected chi connectivity index (χ0v) is 19.7. The van der Waals surface area contributed by atoms with Crippen molar-refractivity contribution in [3.8, 4) is 11.5 Å². The molecule has 1 N–H and O–H groups in total. The first kappa shape index (κ1) is 21.9. The van der Waals surface area contributed by atoms with Crippen LogP contribution in [0.4, 0.5) is 5.95 Å². The second kappa shape index (κ2) is 8.14. The summed E-state index contributed by atoms with van der Waals surface area (Å²) < 4.78 is 37.1. The fourth-order valence-electron chi connectivity index (χ4n) is 4.48. The van der Waals surface area contributed by atoms with Crippen LogP contribution in [0, 0.1) is 12.8 Å². The molecule has 174 valence electrons. The highest BCUT2D eigenvalue weighted by molar-refractivity contribution is 7.93. The number of rotatable bonds is 9. The Balaban J connectivity index is 1.49. The van der Waals surface area contributed by atoms with Gasteiger partial charge in [0.05, 0.1) is 23.1 Å². The number of pyridine rings is 1. The van der Waals surface area contributed by atoms with Crippen molar-refractivity contribution in [2.75, 3.05) is 11.8 Å². The summed E-state index contributed by atoms with van der Waals surface area (Å²) in [5, 5.41) is 7.66. The Hall–Kier alpha value is -2.92. The lowest BCUT2D eigenvalue weighted by Crippen LogP contribution is -2.34. The summed E-state index contributed by atoms with van der Waals surface area (Å²) in [6.45, 7) is 3.41. The van der Waals surface area contributed by atoms with Gasteiger partial charge >= 0.3 is 0 Å². The van der Waals surface area contributed by atoms with Crippen LogP contribution in [0.25, 0.3) is 11.5 Å². The molecule has 0 aromatic carbocycles. The number of aryl methyl sites for hydroxylation is 1. The molecule has 3 heterocycles. The topological polar surface area (TPSA) is 125 Å². The van der Waals surface area contributed by atoms with Gasteiger partial charge in [0, 0.05) is 19.5 Å². The Labute approximate surface area is 192 Å². The predicted molar refractivity (Wildman–Crippen MR) is 122 cm³/mol. The maximum atomic E-state index is 13.4. The van der Waals surface area contributed by atoms with Crippen LogP contribution in [0.2, 0.25) is 0 Å². The smallest absolute Gasteiger partial charge is 0.240 e. The van der Waals surface area contributed by atoms with E-state index in [0.29, 0.717) is 23.1 Å². The number of aromatic nitrogens is 6. The van der Waals surface area contributed by atoms with Gasteiger partial charge in [-0.3, -0.25) is 24.2 Å². The highest BCUT2D eigenvalue weighted by atomic mass is 32.2. The molecule has 2 atom stereocenters. The number of nitrogens with one attached hydrogen (secondary N) is 1. The molecule has 11 heteroatoms. The number of nitrogens with zero attached hydrogens (tertiary/aromatic N) is 6. The first-order valence-electron chi connectivity index (χ1n) is 11.1. The molecular formula is C22H27N7O3S. The van der Waals surface area contributed by atoms with Crippen LogP contribution in [-0.4, -0.2) is 50.5 Å². The maximum Gasteiger partial charge on any atom is 0.240 e. The zero-order valence-electron chi connectivity index (χ0n) is 18.8.